The Morgan fingerprint density at radius 1 is 1.25 bits per heavy atom. The summed E-state index contributed by atoms with van der Waals surface area (Å²) < 4.78 is 7.49. The number of hydrogen-bond donors (Lipinski definition) is 0. The molecular formula is C18H21N5O. The van der Waals surface area contributed by atoms with E-state index in [9.17, 15) is 0 Å². The molecule has 0 amide bonds. The molecular weight excluding hydrogens is 302 g/mol. The van der Waals surface area contributed by atoms with Crippen molar-refractivity contribution in [1.29, 1.82) is 0 Å². The van der Waals surface area contributed by atoms with Gasteiger partial charge in [0.15, 0.2) is 0 Å². The van der Waals surface area contributed by atoms with Crippen LogP contribution in [0, 0.1) is 6.92 Å². The molecule has 3 heterocycles. The molecule has 1 aliphatic rings. The average Bonchev–Trinajstić information content (AvgIpc) is 3.32. The fraction of sp³-hybridized carbons (Fsp3) is 0.389. The molecule has 0 bridgehead atoms. The van der Waals surface area contributed by atoms with Crippen LogP contribution in [-0.4, -0.2) is 37.4 Å². The third-order valence-electron chi connectivity index (χ3n) is 4.65. The lowest BCUT2D eigenvalue weighted by Gasteiger charge is -2.22. The minimum Gasteiger partial charge on any atom is -0.338 e. The van der Waals surface area contributed by atoms with Crippen LogP contribution in [0.15, 0.2) is 47.2 Å². The summed E-state index contributed by atoms with van der Waals surface area (Å²) >= 11 is 0. The molecule has 1 saturated heterocycles. The number of aryl methyl sites for hydroxylation is 1. The summed E-state index contributed by atoms with van der Waals surface area (Å²) in [6.45, 7) is 4.73. The number of nitrogens with zero attached hydrogens (tertiary/aromatic N) is 5. The van der Waals surface area contributed by atoms with Gasteiger partial charge in [0.2, 0.25) is 11.7 Å². The Kier molecular flexibility index (Phi) is 4.13. The van der Waals surface area contributed by atoms with Gasteiger partial charge in [-0.3, -0.25) is 9.58 Å². The maximum absolute atomic E-state index is 5.49. The summed E-state index contributed by atoms with van der Waals surface area (Å²) in [5, 5.41) is 8.47. The first-order valence-corrected chi connectivity index (χ1v) is 8.39. The van der Waals surface area contributed by atoms with Crippen molar-refractivity contribution in [3.05, 3.63) is 54.2 Å². The Morgan fingerprint density at radius 3 is 3.00 bits per heavy atom. The summed E-state index contributed by atoms with van der Waals surface area (Å²) in [5.74, 6) is 1.35. The van der Waals surface area contributed by atoms with E-state index >= 15 is 0 Å². The van der Waals surface area contributed by atoms with Gasteiger partial charge in [0.1, 0.15) is 0 Å². The number of likely N-dealkylation sites (tertiary alicyclic amines) is 1. The Bertz CT molecular complexity index is 795. The largest absolute Gasteiger partial charge is 0.338 e. The van der Waals surface area contributed by atoms with Crippen LogP contribution in [0.2, 0.25) is 0 Å². The van der Waals surface area contributed by atoms with E-state index in [1.165, 1.54) is 12.8 Å². The molecule has 0 radical (unpaired) electrons. The standard InChI is InChI=1S/C18H21N5O/c1-14-6-2-3-8-16(14)18-20-17(24-21-18)13-22-10-4-7-15(22)12-23-11-5-9-19-23/h2-3,5-6,8-9,11,15H,4,7,10,12-13H2,1H3/t15-/m1/s1. The average molecular weight is 323 g/mol. The Balaban J connectivity index is 1.46. The van der Waals surface area contributed by atoms with Crippen LogP contribution in [0.4, 0.5) is 0 Å². The van der Waals surface area contributed by atoms with E-state index in [2.05, 4.69) is 33.1 Å². The summed E-state index contributed by atoms with van der Waals surface area (Å²) in [5.41, 5.74) is 2.18. The van der Waals surface area contributed by atoms with E-state index in [1.54, 1.807) is 0 Å². The Hall–Kier alpha value is -2.47. The highest BCUT2D eigenvalue weighted by Gasteiger charge is 2.26. The lowest BCUT2D eigenvalue weighted by atomic mass is 10.1. The summed E-state index contributed by atoms with van der Waals surface area (Å²) in [6, 6.07) is 10.5. The molecule has 0 unspecified atom stereocenters. The molecule has 124 valence electrons. The quantitative estimate of drug-likeness (QED) is 0.722. The molecule has 0 saturated carbocycles. The third-order valence-corrected chi connectivity index (χ3v) is 4.65. The van der Waals surface area contributed by atoms with Gasteiger partial charge < -0.3 is 4.52 Å². The van der Waals surface area contributed by atoms with Crippen LogP contribution in [0.3, 0.4) is 0 Å². The van der Waals surface area contributed by atoms with E-state index in [0.717, 1.165) is 24.2 Å². The molecule has 0 spiro atoms. The highest BCUT2D eigenvalue weighted by Crippen LogP contribution is 2.23. The van der Waals surface area contributed by atoms with Crippen LogP contribution in [0.5, 0.6) is 0 Å². The zero-order chi connectivity index (χ0) is 16.4. The van der Waals surface area contributed by atoms with Gasteiger partial charge in [-0.25, -0.2) is 0 Å². The molecule has 3 aromatic rings. The van der Waals surface area contributed by atoms with Crippen molar-refractivity contribution in [2.45, 2.75) is 38.9 Å². The summed E-state index contributed by atoms with van der Waals surface area (Å²) in [4.78, 5) is 7.01. The maximum Gasteiger partial charge on any atom is 0.241 e. The zero-order valence-corrected chi connectivity index (χ0v) is 13.8. The number of aromatic nitrogens is 4. The third kappa shape index (κ3) is 3.10. The molecule has 4 rings (SSSR count). The molecule has 6 nitrogen and oxygen atoms in total. The van der Waals surface area contributed by atoms with Gasteiger partial charge in [0.25, 0.3) is 0 Å². The molecule has 1 aromatic carbocycles. The monoisotopic (exact) mass is 323 g/mol. The first-order valence-electron chi connectivity index (χ1n) is 8.39. The molecule has 6 heteroatoms. The van der Waals surface area contributed by atoms with E-state index < -0.39 is 0 Å². The molecule has 24 heavy (non-hydrogen) atoms. The highest BCUT2D eigenvalue weighted by molar-refractivity contribution is 5.58. The zero-order valence-electron chi connectivity index (χ0n) is 13.8. The van der Waals surface area contributed by atoms with Crippen LogP contribution in [0.1, 0.15) is 24.3 Å². The van der Waals surface area contributed by atoms with Gasteiger partial charge in [-0.1, -0.05) is 29.4 Å². The summed E-state index contributed by atoms with van der Waals surface area (Å²) in [7, 11) is 0. The first-order chi connectivity index (χ1) is 11.8. The second-order valence-electron chi connectivity index (χ2n) is 6.32. The fourth-order valence-electron chi connectivity index (χ4n) is 3.36. The van der Waals surface area contributed by atoms with E-state index in [-0.39, 0.29) is 0 Å². The topological polar surface area (TPSA) is 60.0 Å². The van der Waals surface area contributed by atoms with Gasteiger partial charge in [0, 0.05) is 24.0 Å². The van der Waals surface area contributed by atoms with Crippen LogP contribution in [0.25, 0.3) is 11.4 Å². The number of benzene rings is 1. The van der Waals surface area contributed by atoms with Gasteiger partial charge >= 0.3 is 0 Å². The molecule has 1 aliphatic heterocycles. The fourth-order valence-corrected chi connectivity index (χ4v) is 3.36. The molecule has 1 atom stereocenters. The van der Waals surface area contributed by atoms with Crippen molar-refractivity contribution in [2.75, 3.05) is 6.54 Å². The second kappa shape index (κ2) is 6.57. The van der Waals surface area contributed by atoms with Crippen molar-refractivity contribution in [2.24, 2.45) is 0 Å². The predicted molar refractivity (Wildman–Crippen MR) is 90.1 cm³/mol. The number of rotatable bonds is 5. The Morgan fingerprint density at radius 2 is 2.17 bits per heavy atom. The molecule has 1 fully saturated rings. The van der Waals surface area contributed by atoms with E-state index in [4.69, 9.17) is 4.52 Å². The van der Waals surface area contributed by atoms with Gasteiger partial charge in [0.05, 0.1) is 13.1 Å². The van der Waals surface area contributed by atoms with E-state index in [0.29, 0.717) is 24.3 Å². The Labute approximate surface area is 141 Å². The lowest BCUT2D eigenvalue weighted by molar-refractivity contribution is 0.192. The highest BCUT2D eigenvalue weighted by atomic mass is 16.5. The van der Waals surface area contributed by atoms with Crippen molar-refractivity contribution in [1.82, 2.24) is 24.8 Å². The maximum atomic E-state index is 5.49. The molecule has 0 N–H and O–H groups in total. The van der Waals surface area contributed by atoms with Gasteiger partial charge in [-0.15, -0.1) is 0 Å². The lowest BCUT2D eigenvalue weighted by Crippen LogP contribution is -2.32. The second-order valence-corrected chi connectivity index (χ2v) is 6.32. The smallest absolute Gasteiger partial charge is 0.241 e. The van der Waals surface area contributed by atoms with Gasteiger partial charge in [-0.05, 0) is 37.9 Å². The minimum absolute atomic E-state index is 0.471. The number of hydrogen-bond acceptors (Lipinski definition) is 5. The SMILES string of the molecule is Cc1ccccc1-c1noc(CN2CCC[C@@H]2Cn2cccn2)n1. The first kappa shape index (κ1) is 15.1. The summed E-state index contributed by atoms with van der Waals surface area (Å²) in [6.07, 6.45) is 6.22. The minimum atomic E-state index is 0.471. The molecule has 2 aromatic heterocycles. The van der Waals surface area contributed by atoms with Crippen molar-refractivity contribution in [3.63, 3.8) is 0 Å². The van der Waals surface area contributed by atoms with Gasteiger partial charge in [-0.2, -0.15) is 10.1 Å². The van der Waals surface area contributed by atoms with E-state index in [1.807, 2.05) is 41.3 Å². The van der Waals surface area contributed by atoms with Crippen LogP contribution < -0.4 is 0 Å². The van der Waals surface area contributed by atoms with Crippen LogP contribution >= 0.6 is 0 Å². The van der Waals surface area contributed by atoms with Crippen molar-refractivity contribution < 1.29 is 4.52 Å². The van der Waals surface area contributed by atoms with Crippen LogP contribution in [-0.2, 0) is 13.1 Å². The van der Waals surface area contributed by atoms with Crippen molar-refractivity contribution in [3.8, 4) is 11.4 Å². The molecule has 0 aliphatic carbocycles. The predicted octanol–water partition coefficient (Wildman–Crippen LogP) is 2.91. The van der Waals surface area contributed by atoms with Crippen molar-refractivity contribution >= 4 is 0 Å². The normalized spacial score (nSPS) is 18.3.